The average Bonchev–Trinajstić information content (AvgIpc) is 2.39. The molecular weight excluding hydrogens is 224 g/mol. The van der Waals surface area contributed by atoms with Crippen molar-refractivity contribution in [3.05, 3.63) is 12.4 Å². The number of nitrogens with one attached hydrogen (secondary N) is 1. The normalized spacial score (nSPS) is 12.2. The van der Waals surface area contributed by atoms with Crippen LogP contribution in [0.2, 0.25) is 0 Å². The second-order valence-corrected chi connectivity index (χ2v) is 4.60. The van der Waals surface area contributed by atoms with Gasteiger partial charge in [0.2, 0.25) is 0 Å². The van der Waals surface area contributed by atoms with Crippen LogP contribution >= 0.6 is 0 Å². The summed E-state index contributed by atoms with van der Waals surface area (Å²) in [5, 5.41) is 3.22. The molecular formula is C14H26N4. The van der Waals surface area contributed by atoms with E-state index >= 15 is 0 Å². The molecule has 0 aliphatic carbocycles. The van der Waals surface area contributed by atoms with Crippen LogP contribution in [0, 0.1) is 0 Å². The molecule has 0 aliphatic heterocycles. The second-order valence-electron chi connectivity index (χ2n) is 4.60. The summed E-state index contributed by atoms with van der Waals surface area (Å²) in [6.07, 6.45) is 7.16. The Morgan fingerprint density at radius 1 is 1.28 bits per heavy atom. The van der Waals surface area contributed by atoms with Gasteiger partial charge in [-0.2, -0.15) is 0 Å². The first-order chi connectivity index (χ1) is 8.72. The van der Waals surface area contributed by atoms with Gasteiger partial charge in [0.15, 0.2) is 0 Å². The quantitative estimate of drug-likeness (QED) is 0.768. The van der Waals surface area contributed by atoms with E-state index in [0.717, 1.165) is 31.1 Å². The standard InChI is InChI=1S/C14H26N4/c1-5-8-9-18(12(4)6-2)14-11-15-10-13(17-14)16-7-3/h10-12H,5-9H2,1-4H3,(H,16,17). The van der Waals surface area contributed by atoms with E-state index in [1.165, 1.54) is 12.8 Å². The Labute approximate surface area is 111 Å². The lowest BCUT2D eigenvalue weighted by Gasteiger charge is -2.29. The molecule has 18 heavy (non-hydrogen) atoms. The van der Waals surface area contributed by atoms with Crippen LogP contribution in [0.1, 0.15) is 47.0 Å². The fraction of sp³-hybridized carbons (Fsp3) is 0.714. The Morgan fingerprint density at radius 2 is 2.06 bits per heavy atom. The van der Waals surface area contributed by atoms with Gasteiger partial charge in [0.05, 0.1) is 12.4 Å². The SMILES string of the molecule is CCCCN(c1cncc(NCC)n1)C(C)CC. The number of unbranched alkanes of at least 4 members (excludes halogenated alkanes) is 1. The van der Waals surface area contributed by atoms with E-state index in [1.807, 2.05) is 6.20 Å². The molecule has 0 bridgehead atoms. The average molecular weight is 250 g/mol. The maximum absolute atomic E-state index is 4.64. The van der Waals surface area contributed by atoms with Gasteiger partial charge in [-0.25, -0.2) is 4.98 Å². The molecule has 0 radical (unpaired) electrons. The summed E-state index contributed by atoms with van der Waals surface area (Å²) < 4.78 is 0. The van der Waals surface area contributed by atoms with Crippen LogP contribution in [0.15, 0.2) is 12.4 Å². The van der Waals surface area contributed by atoms with Crippen molar-refractivity contribution in [1.82, 2.24) is 9.97 Å². The van der Waals surface area contributed by atoms with Gasteiger partial charge >= 0.3 is 0 Å². The number of hydrogen-bond acceptors (Lipinski definition) is 4. The van der Waals surface area contributed by atoms with E-state index in [1.54, 1.807) is 6.20 Å². The summed E-state index contributed by atoms with van der Waals surface area (Å²) in [7, 11) is 0. The van der Waals surface area contributed by atoms with Gasteiger partial charge in [0.25, 0.3) is 0 Å². The highest BCUT2D eigenvalue weighted by molar-refractivity contribution is 5.44. The van der Waals surface area contributed by atoms with Gasteiger partial charge in [0.1, 0.15) is 11.6 Å². The maximum Gasteiger partial charge on any atom is 0.149 e. The summed E-state index contributed by atoms with van der Waals surface area (Å²) in [5.41, 5.74) is 0. The third kappa shape index (κ3) is 4.17. The molecule has 0 amide bonds. The van der Waals surface area contributed by atoms with Crippen molar-refractivity contribution in [3.8, 4) is 0 Å². The van der Waals surface area contributed by atoms with Crippen LogP contribution in [0.3, 0.4) is 0 Å². The molecule has 102 valence electrons. The fourth-order valence-corrected chi connectivity index (χ4v) is 1.87. The monoisotopic (exact) mass is 250 g/mol. The molecule has 1 aromatic heterocycles. The van der Waals surface area contributed by atoms with Crippen LogP contribution < -0.4 is 10.2 Å². The van der Waals surface area contributed by atoms with E-state index < -0.39 is 0 Å². The molecule has 1 atom stereocenters. The molecule has 0 aliphatic rings. The lowest BCUT2D eigenvalue weighted by atomic mass is 10.2. The highest BCUT2D eigenvalue weighted by Crippen LogP contribution is 2.17. The zero-order chi connectivity index (χ0) is 13.4. The van der Waals surface area contributed by atoms with Crippen molar-refractivity contribution >= 4 is 11.6 Å². The Hall–Kier alpha value is -1.32. The number of anilines is 2. The Morgan fingerprint density at radius 3 is 2.67 bits per heavy atom. The summed E-state index contributed by atoms with van der Waals surface area (Å²) in [5.74, 6) is 1.84. The van der Waals surface area contributed by atoms with Crippen molar-refractivity contribution in [2.75, 3.05) is 23.3 Å². The predicted molar refractivity (Wildman–Crippen MR) is 78.2 cm³/mol. The van der Waals surface area contributed by atoms with Crippen LogP contribution in [0.4, 0.5) is 11.6 Å². The largest absolute Gasteiger partial charge is 0.369 e. The first-order valence-electron chi connectivity index (χ1n) is 7.05. The lowest BCUT2D eigenvalue weighted by molar-refractivity contribution is 0.589. The van der Waals surface area contributed by atoms with E-state index in [4.69, 9.17) is 0 Å². The van der Waals surface area contributed by atoms with Gasteiger partial charge < -0.3 is 10.2 Å². The predicted octanol–water partition coefficient (Wildman–Crippen LogP) is 3.31. The van der Waals surface area contributed by atoms with Crippen molar-refractivity contribution in [3.63, 3.8) is 0 Å². The minimum atomic E-state index is 0.503. The number of nitrogens with zero attached hydrogens (tertiary/aromatic N) is 3. The Kier molecular flexibility index (Phi) is 6.47. The Bertz CT molecular complexity index is 340. The molecule has 1 unspecified atom stereocenters. The summed E-state index contributed by atoms with van der Waals surface area (Å²) in [6.45, 7) is 10.7. The van der Waals surface area contributed by atoms with Gasteiger partial charge in [0, 0.05) is 19.1 Å². The molecule has 4 heteroatoms. The second kappa shape index (κ2) is 7.90. The number of aromatic nitrogens is 2. The molecule has 0 fully saturated rings. The van der Waals surface area contributed by atoms with E-state index in [0.29, 0.717) is 6.04 Å². The number of hydrogen-bond donors (Lipinski definition) is 1. The number of rotatable bonds is 8. The fourth-order valence-electron chi connectivity index (χ4n) is 1.87. The van der Waals surface area contributed by atoms with Gasteiger partial charge in [-0.15, -0.1) is 0 Å². The zero-order valence-corrected chi connectivity index (χ0v) is 12.1. The van der Waals surface area contributed by atoms with Crippen LogP contribution in [0.25, 0.3) is 0 Å². The topological polar surface area (TPSA) is 41.1 Å². The van der Waals surface area contributed by atoms with Crippen LogP contribution in [-0.2, 0) is 0 Å². The van der Waals surface area contributed by atoms with Crippen molar-refractivity contribution in [2.24, 2.45) is 0 Å². The van der Waals surface area contributed by atoms with Crippen LogP contribution in [0.5, 0.6) is 0 Å². The molecule has 0 saturated heterocycles. The lowest BCUT2D eigenvalue weighted by Crippen LogP contribution is -2.34. The van der Waals surface area contributed by atoms with Gasteiger partial charge in [-0.3, -0.25) is 4.98 Å². The minimum absolute atomic E-state index is 0.503. The third-order valence-corrected chi connectivity index (χ3v) is 3.15. The molecule has 4 nitrogen and oxygen atoms in total. The van der Waals surface area contributed by atoms with E-state index in [9.17, 15) is 0 Å². The van der Waals surface area contributed by atoms with E-state index in [-0.39, 0.29) is 0 Å². The summed E-state index contributed by atoms with van der Waals surface area (Å²) >= 11 is 0. The molecule has 0 spiro atoms. The molecule has 1 heterocycles. The highest BCUT2D eigenvalue weighted by atomic mass is 15.2. The smallest absolute Gasteiger partial charge is 0.149 e. The first-order valence-corrected chi connectivity index (χ1v) is 7.05. The van der Waals surface area contributed by atoms with Gasteiger partial charge in [-0.1, -0.05) is 20.3 Å². The Balaban J connectivity index is 2.85. The molecule has 0 saturated carbocycles. The van der Waals surface area contributed by atoms with Crippen LogP contribution in [-0.4, -0.2) is 29.1 Å². The minimum Gasteiger partial charge on any atom is -0.369 e. The van der Waals surface area contributed by atoms with Crippen molar-refractivity contribution < 1.29 is 0 Å². The van der Waals surface area contributed by atoms with Crippen molar-refractivity contribution in [1.29, 1.82) is 0 Å². The third-order valence-electron chi connectivity index (χ3n) is 3.15. The first kappa shape index (κ1) is 14.7. The molecule has 0 aromatic carbocycles. The van der Waals surface area contributed by atoms with Gasteiger partial charge in [-0.05, 0) is 26.7 Å². The highest BCUT2D eigenvalue weighted by Gasteiger charge is 2.14. The zero-order valence-electron chi connectivity index (χ0n) is 12.1. The summed E-state index contributed by atoms with van der Waals surface area (Å²) in [4.78, 5) is 11.3. The van der Waals surface area contributed by atoms with E-state index in [2.05, 4.69) is 47.9 Å². The molecule has 1 rings (SSSR count). The molecule has 1 aromatic rings. The van der Waals surface area contributed by atoms with Crippen molar-refractivity contribution in [2.45, 2.75) is 53.0 Å². The maximum atomic E-state index is 4.64. The molecule has 1 N–H and O–H groups in total. The summed E-state index contributed by atoms with van der Waals surface area (Å²) in [6, 6.07) is 0.503.